The van der Waals surface area contributed by atoms with Crippen molar-refractivity contribution in [3.63, 3.8) is 0 Å². The van der Waals surface area contributed by atoms with Gasteiger partial charge in [0.1, 0.15) is 12.4 Å². The topological polar surface area (TPSA) is 58.6 Å². The lowest BCUT2D eigenvalue weighted by Crippen LogP contribution is -2.14. The predicted molar refractivity (Wildman–Crippen MR) is 94.5 cm³/mol. The van der Waals surface area contributed by atoms with Gasteiger partial charge in [-0.3, -0.25) is 5.32 Å². The quantitative estimate of drug-likeness (QED) is 0.861. The molecule has 1 aliphatic carbocycles. The summed E-state index contributed by atoms with van der Waals surface area (Å²) in [5.41, 5.74) is 2.73. The molecule has 1 unspecified atom stereocenters. The average molecular weight is 341 g/mol. The third kappa shape index (κ3) is 4.67. The van der Waals surface area contributed by atoms with E-state index < -0.39 is 11.9 Å². The Hall–Kier alpha value is -2.66. The van der Waals surface area contributed by atoms with Gasteiger partial charge in [0.2, 0.25) is 0 Å². The van der Waals surface area contributed by atoms with Crippen LogP contribution in [-0.4, -0.2) is 17.3 Å². The average Bonchev–Trinajstić information content (AvgIpc) is 2.63. The van der Waals surface area contributed by atoms with Crippen molar-refractivity contribution in [1.82, 2.24) is 0 Å². The van der Waals surface area contributed by atoms with Gasteiger partial charge < -0.3 is 9.84 Å². The van der Waals surface area contributed by atoms with Gasteiger partial charge >= 0.3 is 6.09 Å². The van der Waals surface area contributed by atoms with Crippen molar-refractivity contribution in [3.05, 3.63) is 71.6 Å². The van der Waals surface area contributed by atoms with Crippen LogP contribution in [0, 0.1) is 5.82 Å². The van der Waals surface area contributed by atoms with Gasteiger partial charge in [-0.15, -0.1) is 0 Å². The number of ether oxygens (including phenoxy) is 1. The summed E-state index contributed by atoms with van der Waals surface area (Å²) >= 11 is 0. The van der Waals surface area contributed by atoms with Crippen LogP contribution in [-0.2, 0) is 11.3 Å². The van der Waals surface area contributed by atoms with Gasteiger partial charge in [-0.1, -0.05) is 42.5 Å². The first-order valence-corrected chi connectivity index (χ1v) is 8.26. The predicted octanol–water partition coefficient (Wildman–Crippen LogP) is 4.50. The summed E-state index contributed by atoms with van der Waals surface area (Å²) in [5.74, 6) is -0.513. The Morgan fingerprint density at radius 2 is 2.04 bits per heavy atom. The molecule has 1 aliphatic rings. The molecule has 1 atom stereocenters. The van der Waals surface area contributed by atoms with Crippen molar-refractivity contribution >= 4 is 17.4 Å². The molecule has 4 nitrogen and oxygen atoms in total. The minimum atomic E-state index is -0.699. The van der Waals surface area contributed by atoms with Gasteiger partial charge in [-0.25, -0.2) is 9.18 Å². The van der Waals surface area contributed by atoms with Crippen LogP contribution in [0.25, 0.3) is 5.57 Å². The number of benzene rings is 2. The maximum Gasteiger partial charge on any atom is 0.412 e. The summed E-state index contributed by atoms with van der Waals surface area (Å²) in [6.45, 7) is 0.127. The molecule has 25 heavy (non-hydrogen) atoms. The Kier molecular flexibility index (Phi) is 5.46. The van der Waals surface area contributed by atoms with E-state index in [-0.39, 0.29) is 18.4 Å². The van der Waals surface area contributed by atoms with Gasteiger partial charge in [-0.2, -0.15) is 0 Å². The van der Waals surface area contributed by atoms with E-state index >= 15 is 0 Å². The van der Waals surface area contributed by atoms with Crippen molar-refractivity contribution in [1.29, 1.82) is 0 Å². The van der Waals surface area contributed by atoms with Gasteiger partial charge in [0.25, 0.3) is 0 Å². The number of halogens is 1. The molecule has 0 saturated heterocycles. The molecule has 3 rings (SSSR count). The first-order valence-electron chi connectivity index (χ1n) is 8.26. The maximum atomic E-state index is 14.3. The van der Waals surface area contributed by atoms with E-state index in [2.05, 4.69) is 5.32 Å². The highest BCUT2D eigenvalue weighted by Crippen LogP contribution is 2.29. The lowest BCUT2D eigenvalue weighted by Gasteiger charge is -2.18. The number of aliphatic hydroxyl groups excluding tert-OH is 1. The molecule has 0 radical (unpaired) electrons. The fourth-order valence-electron chi connectivity index (χ4n) is 2.77. The van der Waals surface area contributed by atoms with Gasteiger partial charge in [0.15, 0.2) is 0 Å². The van der Waals surface area contributed by atoms with Crippen LogP contribution < -0.4 is 5.32 Å². The van der Waals surface area contributed by atoms with Gasteiger partial charge in [-0.05, 0) is 48.1 Å². The second-order valence-corrected chi connectivity index (χ2v) is 6.04. The number of amides is 1. The molecular formula is C20H20FNO3. The third-order valence-electron chi connectivity index (χ3n) is 4.17. The summed E-state index contributed by atoms with van der Waals surface area (Å²) in [6.07, 6.45) is 2.91. The van der Waals surface area contributed by atoms with Gasteiger partial charge in [0, 0.05) is 0 Å². The van der Waals surface area contributed by atoms with E-state index in [0.29, 0.717) is 19.3 Å². The minimum Gasteiger partial charge on any atom is -0.444 e. The van der Waals surface area contributed by atoms with Crippen molar-refractivity contribution in [2.24, 2.45) is 0 Å². The van der Waals surface area contributed by atoms with Crippen LogP contribution in [0.2, 0.25) is 0 Å². The number of aliphatic hydroxyl groups is 1. The lowest BCUT2D eigenvalue weighted by atomic mass is 9.92. The van der Waals surface area contributed by atoms with Gasteiger partial charge in [0.05, 0.1) is 11.8 Å². The molecule has 0 fully saturated rings. The fraction of sp³-hybridized carbons (Fsp3) is 0.250. The van der Waals surface area contributed by atoms with Crippen molar-refractivity contribution < 1.29 is 19.0 Å². The Morgan fingerprint density at radius 1 is 1.24 bits per heavy atom. The Bertz CT molecular complexity index is 774. The standard InChI is InChI=1S/C20H20FNO3/c21-18-12-16(15-6-9-17(23)10-7-15)8-11-19(18)22-20(24)25-13-14-4-2-1-3-5-14/h1-6,8,11-12,17,23H,7,9-10,13H2,(H,22,24). The normalized spacial score (nSPS) is 16.9. The monoisotopic (exact) mass is 341 g/mol. The summed E-state index contributed by atoms with van der Waals surface area (Å²) in [5, 5.41) is 11.9. The number of hydrogen-bond donors (Lipinski definition) is 2. The lowest BCUT2D eigenvalue weighted by molar-refractivity contribution is 0.155. The second kappa shape index (κ2) is 7.94. The Labute approximate surface area is 145 Å². The van der Waals surface area contributed by atoms with Crippen LogP contribution in [0.1, 0.15) is 30.4 Å². The highest BCUT2D eigenvalue weighted by molar-refractivity contribution is 5.85. The Balaban J connectivity index is 1.60. The minimum absolute atomic E-state index is 0.0817. The number of rotatable bonds is 4. The number of carbonyl (C=O) groups is 1. The summed E-state index contributed by atoms with van der Waals surface area (Å²) < 4.78 is 19.3. The molecule has 1 amide bonds. The van der Waals surface area contributed by atoms with Crippen LogP contribution >= 0.6 is 0 Å². The fourth-order valence-corrected chi connectivity index (χ4v) is 2.77. The van der Waals surface area contributed by atoms with Crippen molar-refractivity contribution in [2.75, 3.05) is 5.32 Å². The molecule has 2 N–H and O–H groups in total. The zero-order valence-corrected chi connectivity index (χ0v) is 13.7. The van der Waals surface area contributed by atoms with E-state index in [0.717, 1.165) is 16.7 Å². The van der Waals surface area contributed by atoms with E-state index in [1.165, 1.54) is 12.1 Å². The van der Waals surface area contributed by atoms with Crippen molar-refractivity contribution in [2.45, 2.75) is 32.0 Å². The highest BCUT2D eigenvalue weighted by atomic mass is 19.1. The first-order chi connectivity index (χ1) is 12.1. The summed E-state index contributed by atoms with van der Waals surface area (Å²) in [7, 11) is 0. The molecule has 2 aromatic carbocycles. The zero-order chi connectivity index (χ0) is 17.6. The smallest absolute Gasteiger partial charge is 0.412 e. The van der Waals surface area contributed by atoms with Crippen LogP contribution in [0.15, 0.2) is 54.6 Å². The number of hydrogen-bond acceptors (Lipinski definition) is 3. The maximum absolute atomic E-state index is 14.3. The van der Waals surface area contributed by atoms with Crippen LogP contribution in [0.5, 0.6) is 0 Å². The molecule has 0 saturated carbocycles. The molecule has 0 aliphatic heterocycles. The SMILES string of the molecule is O=C(Nc1ccc(C2=CCC(O)CC2)cc1F)OCc1ccccc1. The van der Waals surface area contributed by atoms with Crippen LogP contribution in [0.4, 0.5) is 14.9 Å². The van der Waals surface area contributed by atoms with Crippen LogP contribution in [0.3, 0.4) is 0 Å². The Morgan fingerprint density at radius 3 is 2.72 bits per heavy atom. The summed E-state index contributed by atoms with van der Waals surface area (Å²) in [4.78, 5) is 11.8. The van der Waals surface area contributed by atoms with E-state index in [1.807, 2.05) is 36.4 Å². The summed E-state index contributed by atoms with van der Waals surface area (Å²) in [6, 6.07) is 14.0. The number of carbonyl (C=O) groups excluding carboxylic acids is 1. The molecule has 5 heteroatoms. The van der Waals surface area contributed by atoms with E-state index in [1.54, 1.807) is 6.07 Å². The molecular weight excluding hydrogens is 321 g/mol. The molecule has 130 valence electrons. The molecule has 0 bridgehead atoms. The number of anilines is 1. The van der Waals surface area contributed by atoms with Crippen molar-refractivity contribution in [3.8, 4) is 0 Å². The number of nitrogens with one attached hydrogen (secondary N) is 1. The first kappa shape index (κ1) is 17.2. The molecule has 0 aromatic heterocycles. The largest absolute Gasteiger partial charge is 0.444 e. The van der Waals surface area contributed by atoms with E-state index in [9.17, 15) is 14.3 Å². The third-order valence-corrected chi connectivity index (χ3v) is 4.17. The second-order valence-electron chi connectivity index (χ2n) is 6.04. The molecule has 2 aromatic rings. The number of allylic oxidation sites excluding steroid dienone is 1. The molecule has 0 spiro atoms. The zero-order valence-electron chi connectivity index (χ0n) is 13.7. The van der Waals surface area contributed by atoms with E-state index in [4.69, 9.17) is 4.74 Å². The molecule has 0 heterocycles. The highest BCUT2D eigenvalue weighted by Gasteiger charge is 2.15.